The lowest BCUT2D eigenvalue weighted by atomic mass is 10.2. The van der Waals surface area contributed by atoms with Crippen LogP contribution in [-0.4, -0.2) is 20.3 Å². The molecule has 2 rings (SSSR count). The van der Waals surface area contributed by atoms with E-state index in [1.807, 2.05) is 25.1 Å². The predicted octanol–water partition coefficient (Wildman–Crippen LogP) is 3.41. The highest BCUT2D eigenvalue weighted by Gasteiger charge is 2.31. The van der Waals surface area contributed by atoms with E-state index < -0.39 is 15.1 Å². The van der Waals surface area contributed by atoms with Crippen LogP contribution in [0.15, 0.2) is 53.7 Å². The van der Waals surface area contributed by atoms with Crippen molar-refractivity contribution in [2.45, 2.75) is 36.3 Å². The molecule has 0 aromatic heterocycles. The molecular weight excluding hydrogens is 272 g/mol. The van der Waals surface area contributed by atoms with Crippen molar-refractivity contribution in [3.8, 4) is 0 Å². The third-order valence-electron chi connectivity index (χ3n) is 3.38. The second-order valence-electron chi connectivity index (χ2n) is 4.97. The van der Waals surface area contributed by atoms with Crippen molar-refractivity contribution in [1.29, 1.82) is 0 Å². The summed E-state index contributed by atoms with van der Waals surface area (Å²) in [6.07, 6.45) is 5.70. The van der Waals surface area contributed by atoms with Crippen LogP contribution >= 0.6 is 0 Å². The second-order valence-corrected chi connectivity index (χ2v) is 7.10. The third-order valence-corrected chi connectivity index (χ3v) is 5.49. The first-order valence-corrected chi connectivity index (χ1v) is 8.34. The average Bonchev–Trinajstić information content (AvgIpc) is 2.46. The van der Waals surface area contributed by atoms with Crippen molar-refractivity contribution in [3.05, 3.63) is 54.3 Å². The van der Waals surface area contributed by atoms with E-state index in [2.05, 4.69) is 6.58 Å². The maximum absolute atomic E-state index is 12.8. The van der Waals surface area contributed by atoms with Gasteiger partial charge in [0.25, 0.3) is 0 Å². The molecule has 0 spiro atoms. The van der Waals surface area contributed by atoms with Gasteiger partial charge < -0.3 is 4.74 Å². The Hall–Kier alpha value is -1.55. The van der Waals surface area contributed by atoms with Gasteiger partial charge in [-0.3, -0.25) is 0 Å². The van der Waals surface area contributed by atoms with Crippen LogP contribution in [-0.2, 0) is 14.6 Å². The molecule has 0 saturated heterocycles. The van der Waals surface area contributed by atoms with Crippen molar-refractivity contribution in [3.63, 3.8) is 0 Å². The molecule has 1 unspecified atom stereocenters. The first-order chi connectivity index (χ1) is 9.55. The summed E-state index contributed by atoms with van der Waals surface area (Å²) >= 11 is 0. The smallest absolute Gasteiger partial charge is 0.188 e. The van der Waals surface area contributed by atoms with Crippen LogP contribution in [0.5, 0.6) is 0 Å². The standard InChI is InChI=1S/C16H20O3S/c1-3-6-16(15-7-4-5-12-19-15)20(17,18)14-10-8-13(2)9-11-14/h3,7-11,16H,1,4-6,12H2,2H3. The average molecular weight is 292 g/mol. The van der Waals surface area contributed by atoms with Gasteiger partial charge in [-0.05, 0) is 44.4 Å². The summed E-state index contributed by atoms with van der Waals surface area (Å²) in [5.41, 5.74) is 1.04. The quantitative estimate of drug-likeness (QED) is 0.781. The molecule has 0 saturated carbocycles. The Labute approximate surface area is 120 Å². The highest BCUT2D eigenvalue weighted by Crippen LogP contribution is 2.27. The summed E-state index contributed by atoms with van der Waals surface area (Å²) in [7, 11) is -3.44. The Morgan fingerprint density at radius 1 is 1.35 bits per heavy atom. The lowest BCUT2D eigenvalue weighted by Crippen LogP contribution is -2.26. The summed E-state index contributed by atoms with van der Waals surface area (Å²) in [6.45, 7) is 6.19. The van der Waals surface area contributed by atoms with Gasteiger partial charge in [0.2, 0.25) is 0 Å². The Bertz CT molecular complexity index is 597. The van der Waals surface area contributed by atoms with Crippen molar-refractivity contribution in [1.82, 2.24) is 0 Å². The van der Waals surface area contributed by atoms with Gasteiger partial charge in [0.1, 0.15) is 11.0 Å². The zero-order valence-electron chi connectivity index (χ0n) is 11.7. The van der Waals surface area contributed by atoms with E-state index >= 15 is 0 Å². The molecule has 1 heterocycles. The number of aryl methyl sites for hydroxylation is 1. The van der Waals surface area contributed by atoms with E-state index in [1.165, 1.54) is 0 Å². The molecule has 4 heteroatoms. The molecule has 0 bridgehead atoms. The van der Waals surface area contributed by atoms with Gasteiger partial charge in [-0.25, -0.2) is 8.42 Å². The molecule has 1 aliphatic heterocycles. The van der Waals surface area contributed by atoms with Crippen LogP contribution in [0.25, 0.3) is 0 Å². The lowest BCUT2D eigenvalue weighted by Gasteiger charge is -2.23. The highest BCUT2D eigenvalue weighted by molar-refractivity contribution is 7.92. The minimum Gasteiger partial charge on any atom is -0.497 e. The second kappa shape index (κ2) is 6.27. The van der Waals surface area contributed by atoms with Gasteiger partial charge in [0, 0.05) is 0 Å². The molecule has 20 heavy (non-hydrogen) atoms. The number of rotatable bonds is 5. The summed E-state index contributed by atoms with van der Waals surface area (Å²) in [4.78, 5) is 0.338. The monoisotopic (exact) mass is 292 g/mol. The van der Waals surface area contributed by atoms with Crippen LogP contribution in [0.1, 0.15) is 24.8 Å². The molecule has 108 valence electrons. The minimum atomic E-state index is -3.44. The molecule has 0 aliphatic carbocycles. The number of sulfone groups is 1. The van der Waals surface area contributed by atoms with Gasteiger partial charge in [-0.1, -0.05) is 23.8 Å². The molecule has 1 aliphatic rings. The molecule has 1 aromatic carbocycles. The first-order valence-electron chi connectivity index (χ1n) is 6.80. The van der Waals surface area contributed by atoms with Crippen LogP contribution in [0.3, 0.4) is 0 Å². The van der Waals surface area contributed by atoms with Crippen LogP contribution in [0.4, 0.5) is 0 Å². The first kappa shape index (κ1) is 14.9. The van der Waals surface area contributed by atoms with Crippen LogP contribution in [0, 0.1) is 6.92 Å². The van der Waals surface area contributed by atoms with Gasteiger partial charge >= 0.3 is 0 Å². The third kappa shape index (κ3) is 3.12. The normalized spacial score (nSPS) is 16.9. The van der Waals surface area contributed by atoms with Crippen LogP contribution in [0.2, 0.25) is 0 Å². The topological polar surface area (TPSA) is 43.4 Å². The zero-order valence-corrected chi connectivity index (χ0v) is 12.5. The van der Waals surface area contributed by atoms with Crippen molar-refractivity contribution < 1.29 is 13.2 Å². The Balaban J connectivity index is 2.38. The van der Waals surface area contributed by atoms with E-state index in [0.717, 1.165) is 18.4 Å². The summed E-state index contributed by atoms with van der Waals surface area (Å²) in [6, 6.07) is 6.94. The maximum atomic E-state index is 12.8. The number of allylic oxidation sites excluding steroid dienone is 2. The summed E-state index contributed by atoms with van der Waals surface area (Å²) in [5.74, 6) is 0.566. The molecule has 3 nitrogen and oxygen atoms in total. The predicted molar refractivity (Wildman–Crippen MR) is 80.2 cm³/mol. The molecule has 0 N–H and O–H groups in total. The van der Waals surface area contributed by atoms with Crippen molar-refractivity contribution in [2.24, 2.45) is 0 Å². The fourth-order valence-electron chi connectivity index (χ4n) is 2.24. The molecule has 1 atom stereocenters. The van der Waals surface area contributed by atoms with E-state index in [0.29, 0.717) is 23.7 Å². The molecule has 0 radical (unpaired) electrons. The Morgan fingerprint density at radius 3 is 2.60 bits per heavy atom. The Kier molecular flexibility index (Phi) is 4.65. The fourth-order valence-corrected chi connectivity index (χ4v) is 3.94. The van der Waals surface area contributed by atoms with Gasteiger partial charge in [-0.15, -0.1) is 6.58 Å². The van der Waals surface area contributed by atoms with E-state index in [4.69, 9.17) is 4.74 Å². The van der Waals surface area contributed by atoms with Crippen molar-refractivity contribution >= 4 is 9.84 Å². The SMILES string of the molecule is C=CCC(C1=CCCCO1)S(=O)(=O)c1ccc(C)cc1. The number of hydrogen-bond acceptors (Lipinski definition) is 3. The van der Waals surface area contributed by atoms with Crippen molar-refractivity contribution in [2.75, 3.05) is 6.61 Å². The lowest BCUT2D eigenvalue weighted by molar-refractivity contribution is 0.185. The molecule has 1 aromatic rings. The maximum Gasteiger partial charge on any atom is 0.188 e. The largest absolute Gasteiger partial charge is 0.497 e. The van der Waals surface area contributed by atoms with E-state index in [-0.39, 0.29) is 0 Å². The molecule has 0 amide bonds. The molecule has 0 fully saturated rings. The van der Waals surface area contributed by atoms with E-state index in [1.54, 1.807) is 18.2 Å². The zero-order chi connectivity index (χ0) is 14.6. The number of ether oxygens (including phenoxy) is 1. The highest BCUT2D eigenvalue weighted by atomic mass is 32.2. The fraction of sp³-hybridized carbons (Fsp3) is 0.375. The molecular formula is C16H20O3S. The number of benzene rings is 1. The van der Waals surface area contributed by atoms with E-state index in [9.17, 15) is 8.42 Å². The van der Waals surface area contributed by atoms with Gasteiger partial charge in [0.05, 0.1) is 11.5 Å². The van der Waals surface area contributed by atoms with Crippen LogP contribution < -0.4 is 0 Å². The summed E-state index contributed by atoms with van der Waals surface area (Å²) < 4.78 is 31.1. The Morgan fingerprint density at radius 2 is 2.05 bits per heavy atom. The van der Waals surface area contributed by atoms with Gasteiger partial charge in [0.15, 0.2) is 9.84 Å². The summed E-state index contributed by atoms with van der Waals surface area (Å²) in [5, 5.41) is -0.664. The van der Waals surface area contributed by atoms with Gasteiger partial charge in [-0.2, -0.15) is 0 Å². The minimum absolute atomic E-state index is 0.338. The number of hydrogen-bond donors (Lipinski definition) is 0.